The lowest BCUT2D eigenvalue weighted by molar-refractivity contribution is -0.122. The first kappa shape index (κ1) is 17.6. The van der Waals surface area contributed by atoms with E-state index in [0.717, 1.165) is 9.87 Å². The number of benzene rings is 1. The number of carbonyl (C=O) groups is 1. The zero-order valence-electron chi connectivity index (χ0n) is 12.5. The number of nitrogens with one attached hydrogen (secondary N) is 1. The van der Waals surface area contributed by atoms with Crippen LogP contribution in [0.3, 0.4) is 0 Å². The van der Waals surface area contributed by atoms with Crippen molar-refractivity contribution < 1.29 is 13.2 Å². The Morgan fingerprint density at radius 3 is 2.48 bits per heavy atom. The van der Waals surface area contributed by atoms with Gasteiger partial charge in [0.05, 0.1) is 11.8 Å². The molecule has 0 saturated carbocycles. The molecule has 0 unspecified atom stereocenters. The van der Waals surface area contributed by atoms with Crippen molar-refractivity contribution in [2.24, 2.45) is 5.73 Å². The lowest BCUT2D eigenvalue weighted by Gasteiger charge is -2.14. The molecule has 0 fully saturated rings. The van der Waals surface area contributed by atoms with Gasteiger partial charge >= 0.3 is 0 Å². The van der Waals surface area contributed by atoms with E-state index in [4.69, 9.17) is 5.73 Å². The highest BCUT2D eigenvalue weighted by Gasteiger charge is 2.16. The molecule has 0 saturated heterocycles. The summed E-state index contributed by atoms with van der Waals surface area (Å²) in [4.78, 5) is 11.8. The minimum absolute atomic E-state index is 0.0678. The van der Waals surface area contributed by atoms with E-state index in [2.05, 4.69) is 5.32 Å². The van der Waals surface area contributed by atoms with Gasteiger partial charge in [-0.05, 0) is 18.4 Å². The molecule has 0 aliphatic rings. The van der Waals surface area contributed by atoms with Crippen LogP contribution in [0.1, 0.15) is 12.0 Å². The Kier molecular flexibility index (Phi) is 6.80. The molecule has 1 aromatic rings. The maximum atomic E-state index is 11.8. The fourth-order valence-corrected chi connectivity index (χ4v) is 2.44. The number of nitrogens with zero attached hydrogens (tertiary/aromatic N) is 1. The first-order chi connectivity index (χ1) is 9.83. The number of amides is 1. The summed E-state index contributed by atoms with van der Waals surface area (Å²) in [5, 5.41) is 2.56. The second-order valence-corrected chi connectivity index (χ2v) is 7.32. The average Bonchev–Trinajstić information content (AvgIpc) is 2.45. The van der Waals surface area contributed by atoms with Crippen molar-refractivity contribution in [1.29, 1.82) is 0 Å². The molecule has 1 atom stereocenters. The van der Waals surface area contributed by atoms with Crippen LogP contribution in [0.5, 0.6) is 0 Å². The third-order valence-electron chi connectivity index (χ3n) is 3.14. The van der Waals surface area contributed by atoms with E-state index >= 15 is 0 Å². The molecule has 3 N–H and O–H groups in total. The number of carbonyl (C=O) groups excluding carboxylic acids is 1. The van der Waals surface area contributed by atoms with E-state index in [-0.39, 0.29) is 18.2 Å². The predicted octanol–water partition coefficient (Wildman–Crippen LogP) is -0.0459. The second kappa shape index (κ2) is 8.11. The van der Waals surface area contributed by atoms with Gasteiger partial charge in [-0.1, -0.05) is 30.3 Å². The molecule has 0 aromatic heterocycles. The zero-order valence-corrected chi connectivity index (χ0v) is 13.3. The van der Waals surface area contributed by atoms with Crippen molar-refractivity contribution in [1.82, 2.24) is 9.62 Å². The highest BCUT2D eigenvalue weighted by Crippen LogP contribution is 2.04. The van der Waals surface area contributed by atoms with Gasteiger partial charge in [-0.2, -0.15) is 0 Å². The smallest absolute Gasteiger partial charge is 0.236 e. The van der Waals surface area contributed by atoms with E-state index in [1.54, 1.807) is 0 Å². The molecule has 0 spiro atoms. The number of aryl methyl sites for hydroxylation is 1. The van der Waals surface area contributed by atoms with Gasteiger partial charge in [0, 0.05) is 20.6 Å². The number of sulfonamides is 1. The number of rotatable bonds is 8. The van der Waals surface area contributed by atoms with Crippen molar-refractivity contribution in [2.45, 2.75) is 18.9 Å². The summed E-state index contributed by atoms with van der Waals surface area (Å²) < 4.78 is 24.2. The van der Waals surface area contributed by atoms with E-state index in [9.17, 15) is 13.2 Å². The summed E-state index contributed by atoms with van der Waals surface area (Å²) >= 11 is 0. The third kappa shape index (κ3) is 6.24. The van der Waals surface area contributed by atoms with Crippen LogP contribution in [0.4, 0.5) is 0 Å². The topological polar surface area (TPSA) is 92.5 Å². The van der Waals surface area contributed by atoms with Crippen LogP contribution in [0.15, 0.2) is 30.3 Å². The van der Waals surface area contributed by atoms with Crippen molar-refractivity contribution >= 4 is 15.9 Å². The van der Waals surface area contributed by atoms with E-state index in [0.29, 0.717) is 12.8 Å². The van der Waals surface area contributed by atoms with Crippen molar-refractivity contribution in [3.63, 3.8) is 0 Å². The molecule has 118 valence electrons. The summed E-state index contributed by atoms with van der Waals surface area (Å²) in [6.07, 6.45) is 1.24. The monoisotopic (exact) mass is 313 g/mol. The number of nitrogens with two attached hydrogens (primary N) is 1. The Morgan fingerprint density at radius 1 is 1.29 bits per heavy atom. The van der Waals surface area contributed by atoms with Crippen molar-refractivity contribution in [2.75, 3.05) is 26.4 Å². The summed E-state index contributed by atoms with van der Waals surface area (Å²) in [5.41, 5.74) is 6.92. The van der Waals surface area contributed by atoms with Crippen LogP contribution < -0.4 is 11.1 Å². The summed E-state index contributed by atoms with van der Waals surface area (Å²) in [7, 11) is -0.375. The maximum Gasteiger partial charge on any atom is 0.236 e. The first-order valence-electron chi connectivity index (χ1n) is 6.80. The molecule has 1 rings (SSSR count). The van der Waals surface area contributed by atoms with Crippen LogP contribution in [0.25, 0.3) is 0 Å². The van der Waals surface area contributed by atoms with Crippen molar-refractivity contribution in [3.05, 3.63) is 35.9 Å². The lowest BCUT2D eigenvalue weighted by atomic mass is 10.1. The Labute approximate surface area is 126 Å². The molecule has 0 radical (unpaired) electrons. The van der Waals surface area contributed by atoms with Gasteiger partial charge in [0.25, 0.3) is 0 Å². The van der Waals surface area contributed by atoms with Gasteiger partial charge in [0.15, 0.2) is 0 Å². The molecule has 0 bridgehead atoms. The Bertz CT molecular complexity index is 544. The van der Waals surface area contributed by atoms with Gasteiger partial charge in [-0.25, -0.2) is 12.7 Å². The number of hydrogen-bond donors (Lipinski definition) is 2. The Morgan fingerprint density at radius 2 is 1.90 bits per heavy atom. The summed E-state index contributed by atoms with van der Waals surface area (Å²) in [5.74, 6) is -0.447. The van der Waals surface area contributed by atoms with Gasteiger partial charge < -0.3 is 11.1 Å². The third-order valence-corrected chi connectivity index (χ3v) is 4.97. The fourth-order valence-electron chi connectivity index (χ4n) is 1.71. The molecular formula is C14H23N3O3S. The minimum Gasteiger partial charge on any atom is -0.354 e. The fraction of sp³-hybridized carbons (Fsp3) is 0.500. The zero-order chi connectivity index (χ0) is 15.9. The average molecular weight is 313 g/mol. The van der Waals surface area contributed by atoms with Gasteiger partial charge in [0.1, 0.15) is 0 Å². The standard InChI is InChI=1S/C14H23N3O3S/c1-17(2)21(19,20)11-10-16-14(18)13(15)9-8-12-6-4-3-5-7-12/h3-7,13H,8-11,15H2,1-2H3,(H,16,18)/t13-/m0/s1. The van der Waals surface area contributed by atoms with Crippen LogP contribution >= 0.6 is 0 Å². The Hall–Kier alpha value is -1.44. The largest absolute Gasteiger partial charge is 0.354 e. The second-order valence-electron chi connectivity index (χ2n) is 5.02. The molecular weight excluding hydrogens is 290 g/mol. The molecule has 7 heteroatoms. The van der Waals surface area contributed by atoms with Crippen molar-refractivity contribution in [3.8, 4) is 0 Å². The van der Waals surface area contributed by atoms with E-state index < -0.39 is 16.1 Å². The molecule has 1 amide bonds. The van der Waals surface area contributed by atoms with E-state index in [1.807, 2.05) is 30.3 Å². The highest BCUT2D eigenvalue weighted by atomic mass is 32.2. The highest BCUT2D eigenvalue weighted by molar-refractivity contribution is 7.89. The molecule has 0 aliphatic carbocycles. The molecule has 21 heavy (non-hydrogen) atoms. The molecule has 0 heterocycles. The quantitative estimate of drug-likeness (QED) is 0.704. The van der Waals surface area contributed by atoms with Gasteiger partial charge in [-0.15, -0.1) is 0 Å². The first-order valence-corrected chi connectivity index (χ1v) is 8.41. The van der Waals surface area contributed by atoms with Crippen LogP contribution in [-0.2, 0) is 21.2 Å². The van der Waals surface area contributed by atoms with Gasteiger partial charge in [0.2, 0.25) is 15.9 Å². The summed E-state index contributed by atoms with van der Waals surface area (Å²) in [6.45, 7) is 0.0678. The lowest BCUT2D eigenvalue weighted by Crippen LogP contribution is -2.43. The predicted molar refractivity (Wildman–Crippen MR) is 83.2 cm³/mol. The molecule has 6 nitrogen and oxygen atoms in total. The normalized spacial score (nSPS) is 13.1. The molecule has 1 aromatic carbocycles. The van der Waals surface area contributed by atoms with Crippen LogP contribution in [0.2, 0.25) is 0 Å². The van der Waals surface area contributed by atoms with E-state index in [1.165, 1.54) is 14.1 Å². The van der Waals surface area contributed by atoms with Gasteiger partial charge in [-0.3, -0.25) is 4.79 Å². The summed E-state index contributed by atoms with van der Waals surface area (Å²) in [6, 6.07) is 9.14. The van der Waals surface area contributed by atoms with Crippen LogP contribution in [-0.4, -0.2) is 51.1 Å². The molecule has 0 aliphatic heterocycles. The van der Waals surface area contributed by atoms with Crippen LogP contribution in [0, 0.1) is 0 Å². The Balaban J connectivity index is 2.32. The SMILES string of the molecule is CN(C)S(=O)(=O)CCNC(=O)[C@@H](N)CCc1ccccc1. The minimum atomic E-state index is -3.30. The number of hydrogen-bond acceptors (Lipinski definition) is 4. The maximum absolute atomic E-state index is 11.8.